The second-order valence-corrected chi connectivity index (χ2v) is 29.4. The summed E-state index contributed by atoms with van der Waals surface area (Å²) in [6.07, 6.45) is 2.25. The number of hydrogen-bond donors (Lipinski definition) is 13. The van der Waals surface area contributed by atoms with Gasteiger partial charge in [-0.3, -0.25) is 43.8 Å². The van der Waals surface area contributed by atoms with Gasteiger partial charge in [-0.25, -0.2) is 27.7 Å². The van der Waals surface area contributed by atoms with E-state index in [4.69, 9.17) is 25.4 Å². The molecule has 14 N–H and O–H groups in total. The van der Waals surface area contributed by atoms with Gasteiger partial charge in [0.25, 0.3) is 10.0 Å². The number of aromatic amines is 1. The molecule has 584 valence electrons. The van der Waals surface area contributed by atoms with Gasteiger partial charge in [-0.1, -0.05) is 103 Å². The van der Waals surface area contributed by atoms with Gasteiger partial charge in [0.15, 0.2) is 0 Å². The number of likely N-dealkylation sites (N-methyl/N-ethyl adjacent to an activating group) is 1. The molecule has 2 aliphatic heterocycles. The normalized spacial score (nSPS) is 15.3. The van der Waals surface area contributed by atoms with E-state index in [9.17, 15) is 61.8 Å². The number of carboxylic acid groups (broad SMARTS) is 1. The maximum atomic E-state index is 15.0. The molecule has 32 heteroatoms. The number of H-pyrrole nitrogens is 1. The number of esters is 1. The van der Waals surface area contributed by atoms with E-state index in [2.05, 4.69) is 51.9 Å². The molecule has 1 fully saturated rings. The van der Waals surface area contributed by atoms with Gasteiger partial charge in [-0.2, -0.15) is 0 Å². The molecule has 0 radical (unpaired) electrons. The summed E-state index contributed by atoms with van der Waals surface area (Å²) >= 11 is 0. The van der Waals surface area contributed by atoms with Crippen molar-refractivity contribution in [2.45, 2.75) is 184 Å². The maximum Gasteiger partial charge on any atom is 0.410 e. The van der Waals surface area contributed by atoms with Crippen LogP contribution in [0.4, 0.5) is 4.79 Å². The molecule has 6 aromatic rings. The van der Waals surface area contributed by atoms with Gasteiger partial charge in [-0.05, 0) is 156 Å². The Balaban J connectivity index is 0.991. The summed E-state index contributed by atoms with van der Waals surface area (Å²) in [6, 6.07) is 21.7. The van der Waals surface area contributed by atoms with Gasteiger partial charge in [0.2, 0.25) is 47.3 Å². The van der Waals surface area contributed by atoms with Crippen molar-refractivity contribution in [3.63, 3.8) is 0 Å². The largest absolute Gasteiger partial charge is 0.508 e. The molecule has 2 aliphatic rings. The van der Waals surface area contributed by atoms with Gasteiger partial charge < -0.3 is 82.2 Å². The third-order valence-electron chi connectivity index (χ3n) is 18.8. The fourth-order valence-electron chi connectivity index (χ4n) is 12.9. The van der Waals surface area contributed by atoms with Crippen molar-refractivity contribution in [2.24, 2.45) is 5.73 Å². The third kappa shape index (κ3) is 24.6. The van der Waals surface area contributed by atoms with Gasteiger partial charge in [0.05, 0.1) is 23.3 Å². The smallest absolute Gasteiger partial charge is 0.410 e. The van der Waals surface area contributed by atoms with E-state index in [1.807, 2.05) is 26.0 Å². The van der Waals surface area contributed by atoms with Gasteiger partial charge in [0, 0.05) is 45.6 Å². The van der Waals surface area contributed by atoms with Crippen LogP contribution in [0, 0.1) is 26.2 Å². The Morgan fingerprint density at radius 1 is 0.688 bits per heavy atom. The van der Waals surface area contributed by atoms with Gasteiger partial charge in [0.1, 0.15) is 79.2 Å². The highest BCUT2D eigenvalue weighted by Crippen LogP contribution is 2.42. The Morgan fingerprint density at radius 2 is 1.25 bits per heavy atom. The number of fused-ring (bicyclic) bond motifs is 1. The van der Waals surface area contributed by atoms with Crippen LogP contribution >= 0.6 is 0 Å². The fraction of sp³-hybridized carbons (Fsp3) is 0.429. The minimum Gasteiger partial charge on any atom is -0.508 e. The molecule has 109 heavy (non-hydrogen) atoms. The predicted octanol–water partition coefficient (Wildman–Crippen LogP) is 3.97. The lowest BCUT2D eigenvalue weighted by Gasteiger charge is -2.35. The number of phenolic OH excluding ortho intramolecular Hbond substituents is 1. The van der Waals surface area contributed by atoms with E-state index < -0.39 is 136 Å². The Morgan fingerprint density at radius 3 is 1.87 bits per heavy atom. The Labute approximate surface area is 632 Å². The number of nitrogens with zero attached hydrogens (tertiary/aromatic N) is 3. The number of guanidine groups is 1. The van der Waals surface area contributed by atoms with Crippen molar-refractivity contribution in [1.82, 2.24) is 61.7 Å². The number of benzene rings is 5. The number of sulfonamides is 1. The zero-order valence-corrected chi connectivity index (χ0v) is 62.8. The first-order valence-electron chi connectivity index (χ1n) is 36.1. The second-order valence-electron chi connectivity index (χ2n) is 27.7. The number of nitrogens with two attached hydrogens (primary N) is 1. The third-order valence-corrected chi connectivity index (χ3v) is 20.4. The molecular formula is C77H98N14O17S. The number of imidazole rings is 1. The van der Waals surface area contributed by atoms with Crippen LogP contribution < -0.4 is 52.4 Å². The number of carbonyl (C=O) groups excluding carboxylic acids is 9. The molecule has 31 nitrogen and oxygen atoms in total. The van der Waals surface area contributed by atoms with E-state index >= 15 is 4.79 Å². The van der Waals surface area contributed by atoms with Crippen LogP contribution in [-0.2, 0) is 102 Å². The van der Waals surface area contributed by atoms with Crippen LogP contribution in [0.15, 0.2) is 133 Å². The van der Waals surface area contributed by atoms with Crippen molar-refractivity contribution in [1.29, 1.82) is 5.41 Å². The molecule has 0 aliphatic carbocycles. The SMILES string of the molecule is Cc1c(C)c(S(=O)(=O)NC(=N)NCCC[C@H](NC(=O)CN(C)C(=O)OCc2ccccc2)C(=O)N[C@@H](CC(=O)O)C(=O)N[C@@H](Cc2ccc(O)cc2)C(=O)N[C@@H](CCCCN)C(=O)N[C@@H](Cc2c[nH]cn2)C(=O)N2CCC[C@H]2C(=O)N[C@@H](Cc2ccccc2)C(=O)OCc2ccccc2)c(C)c2c1OC(C)(C)CC2. The predicted molar refractivity (Wildman–Crippen MR) is 400 cm³/mol. The highest BCUT2D eigenvalue weighted by molar-refractivity contribution is 7.90. The molecule has 8 rings (SSSR count). The Bertz CT molecular complexity index is 4290. The standard InChI is InChI=1S/C77H98N14O17S/c1-47-48(2)67(49(3)56-33-34-77(4,5)108-66(47)56)109(104,105)89-75(79)81-36-18-27-57(83-64(93)43-90(6)76(103)107-45-53-24-14-9-15-25-53)68(96)86-60(41-65(94)95)71(99)85-59(38-51-29-31-55(92)32-30-51)70(98)84-58(26-16-17-35-78)69(97)87-61(40-54-42-80-46-82-54)73(101)91-37-19-28-63(91)72(100)88-62(39-50-20-10-7-11-21-50)74(102)106-44-52-22-12-8-13-23-52/h7-15,20-25,29-32,42,46,57-63,92H,16-19,26-28,33-41,43-45,78H2,1-6H3,(H,80,82)(H,83,93)(H,84,98)(H,85,99)(H,86,96)(H,87,97)(H,88,100)(H,94,95)(H3,79,81,89)/t57-,58-,59-,60-,61-,62-,63-/m0/s1. The number of unbranched alkanes of at least 4 members (excludes halogenated alkanes) is 1. The molecule has 0 saturated carbocycles. The first-order valence-corrected chi connectivity index (χ1v) is 37.6. The lowest BCUT2D eigenvalue weighted by molar-refractivity contribution is -0.150. The highest BCUT2D eigenvalue weighted by Gasteiger charge is 2.42. The maximum absolute atomic E-state index is 15.0. The van der Waals surface area contributed by atoms with Crippen LogP contribution in [0.5, 0.6) is 11.5 Å². The molecule has 5 aromatic carbocycles. The number of phenols is 1. The number of aromatic nitrogens is 2. The fourth-order valence-corrected chi connectivity index (χ4v) is 14.4. The molecule has 1 aromatic heterocycles. The van der Waals surface area contributed by atoms with Gasteiger partial charge in [-0.15, -0.1) is 0 Å². The zero-order valence-electron chi connectivity index (χ0n) is 61.9. The molecule has 3 heterocycles. The Hall–Kier alpha value is -11.4. The number of aliphatic carboxylic acids is 1. The number of rotatable bonds is 37. The van der Waals surface area contributed by atoms with Crippen LogP contribution in [-0.4, -0.2) is 185 Å². The number of hydrogen-bond acceptors (Lipinski definition) is 19. The van der Waals surface area contributed by atoms with Gasteiger partial charge >= 0.3 is 18.0 Å². The number of likely N-dealkylation sites (tertiary alicyclic amines) is 1. The average molecular weight is 1520 g/mol. The summed E-state index contributed by atoms with van der Waals surface area (Å²) in [5, 5.41) is 47.6. The summed E-state index contributed by atoms with van der Waals surface area (Å²) in [5.74, 6) is -8.96. The van der Waals surface area contributed by atoms with E-state index in [0.29, 0.717) is 64.9 Å². The molecule has 1 saturated heterocycles. The number of carbonyl (C=O) groups is 10. The average Bonchev–Trinajstić information content (AvgIpc) is 1.08. The summed E-state index contributed by atoms with van der Waals surface area (Å²) < 4.78 is 47.7. The van der Waals surface area contributed by atoms with E-state index in [1.54, 1.807) is 99.6 Å². The number of amides is 8. The topological polar surface area (TPSA) is 454 Å². The molecule has 7 atom stereocenters. The minimum absolute atomic E-state index is 0.0178. The second kappa shape index (κ2) is 39.4. The molecule has 0 spiro atoms. The summed E-state index contributed by atoms with van der Waals surface area (Å²) in [7, 11) is -3.11. The van der Waals surface area contributed by atoms with Crippen LogP contribution in [0.3, 0.4) is 0 Å². The van der Waals surface area contributed by atoms with Crippen molar-refractivity contribution in [3.05, 3.63) is 178 Å². The number of ether oxygens (including phenoxy) is 3. The zero-order chi connectivity index (χ0) is 79.0. The molecule has 0 unspecified atom stereocenters. The van der Waals surface area contributed by atoms with Crippen molar-refractivity contribution >= 4 is 75.4 Å². The summed E-state index contributed by atoms with van der Waals surface area (Å²) in [4.78, 5) is 151. The highest BCUT2D eigenvalue weighted by atomic mass is 32.2. The van der Waals surface area contributed by atoms with E-state index in [1.165, 1.54) is 48.7 Å². The first-order chi connectivity index (χ1) is 52.0. The van der Waals surface area contributed by atoms with E-state index in [-0.39, 0.29) is 94.9 Å². The van der Waals surface area contributed by atoms with Crippen LogP contribution in [0.2, 0.25) is 0 Å². The van der Waals surface area contributed by atoms with E-state index in [0.717, 1.165) is 21.6 Å². The first kappa shape index (κ1) is 83.2. The number of aromatic hydroxyl groups is 1. The summed E-state index contributed by atoms with van der Waals surface area (Å²) in [5.41, 5.74) is 10.5. The molecular weight excluding hydrogens is 1420 g/mol. The van der Waals surface area contributed by atoms with Crippen molar-refractivity contribution in [2.75, 3.05) is 33.2 Å². The molecule has 8 amide bonds. The number of carboxylic acids is 1. The lowest BCUT2D eigenvalue weighted by Crippen LogP contribution is -2.60. The van der Waals surface area contributed by atoms with Crippen LogP contribution in [0.1, 0.15) is 122 Å². The number of nitrogens with one attached hydrogen (secondary N) is 10. The Kier molecular flexibility index (Phi) is 30.1. The minimum atomic E-state index is -4.38. The van der Waals surface area contributed by atoms with Crippen LogP contribution in [0.25, 0.3) is 0 Å². The quantitative estimate of drug-likeness (QED) is 0.0114. The van der Waals surface area contributed by atoms with Crippen molar-refractivity contribution < 1.29 is 80.8 Å². The molecule has 0 bridgehead atoms. The monoisotopic (exact) mass is 1520 g/mol. The summed E-state index contributed by atoms with van der Waals surface area (Å²) in [6.45, 7) is 8.19. The lowest BCUT2D eigenvalue weighted by atomic mass is 9.88. The van der Waals surface area contributed by atoms with Crippen molar-refractivity contribution in [3.8, 4) is 11.5 Å².